The number of carbonyl (C=O) groups is 2. The number of hydrogen-bond acceptors (Lipinski definition) is 4. The zero-order chi connectivity index (χ0) is 19.6. The smallest absolute Gasteiger partial charge is 0.259 e. The standard InChI is InChI=1S/C19H28N6O2/c1-19(2,3)21-16(26)14-23-9-11-25(12-10-23)18(27)15-13-20-22(4)17(15)24-7-5-6-8-24/h5-8,13H,9-12,14H2,1-4H3,(H,21,26). The predicted molar refractivity (Wildman–Crippen MR) is 103 cm³/mol. The molecule has 8 nitrogen and oxygen atoms in total. The molecule has 1 fully saturated rings. The Hall–Kier alpha value is -2.61. The maximum atomic E-state index is 13.0. The number of hydrogen-bond donors (Lipinski definition) is 1. The van der Waals surface area contributed by atoms with Crippen molar-refractivity contribution in [3.8, 4) is 5.82 Å². The van der Waals surface area contributed by atoms with Crippen molar-refractivity contribution in [2.24, 2.45) is 7.05 Å². The van der Waals surface area contributed by atoms with Crippen molar-refractivity contribution in [2.45, 2.75) is 26.3 Å². The molecule has 0 aromatic carbocycles. The van der Waals surface area contributed by atoms with E-state index in [2.05, 4.69) is 15.3 Å². The maximum absolute atomic E-state index is 13.0. The van der Waals surface area contributed by atoms with Crippen LogP contribution in [-0.2, 0) is 11.8 Å². The van der Waals surface area contributed by atoms with Gasteiger partial charge in [0, 0.05) is 51.2 Å². The van der Waals surface area contributed by atoms with Gasteiger partial charge in [-0.3, -0.25) is 19.2 Å². The van der Waals surface area contributed by atoms with Crippen molar-refractivity contribution in [3.05, 3.63) is 36.3 Å². The molecule has 0 radical (unpaired) electrons. The maximum Gasteiger partial charge on any atom is 0.259 e. The summed E-state index contributed by atoms with van der Waals surface area (Å²) < 4.78 is 3.60. The van der Waals surface area contributed by atoms with Gasteiger partial charge in [0.15, 0.2) is 0 Å². The number of amides is 2. The summed E-state index contributed by atoms with van der Waals surface area (Å²) in [5.41, 5.74) is 0.358. The van der Waals surface area contributed by atoms with Crippen LogP contribution < -0.4 is 5.32 Å². The van der Waals surface area contributed by atoms with Crippen LogP contribution in [-0.4, -0.2) is 74.2 Å². The molecule has 1 aliphatic heterocycles. The number of piperazine rings is 1. The van der Waals surface area contributed by atoms with E-state index < -0.39 is 0 Å². The summed E-state index contributed by atoms with van der Waals surface area (Å²) in [5, 5.41) is 7.24. The van der Waals surface area contributed by atoms with Gasteiger partial charge >= 0.3 is 0 Å². The fourth-order valence-electron chi connectivity index (χ4n) is 3.30. The van der Waals surface area contributed by atoms with Crippen molar-refractivity contribution in [1.29, 1.82) is 0 Å². The average Bonchev–Trinajstić information content (AvgIpc) is 3.22. The molecule has 0 unspecified atom stereocenters. The molecule has 3 heterocycles. The Bertz CT molecular complexity index is 795. The summed E-state index contributed by atoms with van der Waals surface area (Å²) in [7, 11) is 1.83. The Morgan fingerprint density at radius 1 is 1.11 bits per heavy atom. The van der Waals surface area contributed by atoms with E-state index in [0.717, 1.165) is 5.82 Å². The first-order chi connectivity index (χ1) is 12.7. The minimum atomic E-state index is -0.232. The van der Waals surface area contributed by atoms with Gasteiger partial charge < -0.3 is 14.8 Å². The van der Waals surface area contributed by atoms with Crippen LogP contribution in [0.1, 0.15) is 31.1 Å². The largest absolute Gasteiger partial charge is 0.350 e. The Kier molecular flexibility index (Phi) is 5.36. The van der Waals surface area contributed by atoms with Gasteiger partial charge in [-0.1, -0.05) is 0 Å². The molecule has 0 bridgehead atoms. The molecule has 146 valence electrons. The van der Waals surface area contributed by atoms with Crippen LogP contribution in [0, 0.1) is 0 Å². The third-order valence-corrected chi connectivity index (χ3v) is 4.53. The van der Waals surface area contributed by atoms with Crippen LogP contribution in [0.25, 0.3) is 5.82 Å². The normalized spacial score (nSPS) is 15.8. The van der Waals surface area contributed by atoms with Gasteiger partial charge in [-0.15, -0.1) is 0 Å². The quantitative estimate of drug-likeness (QED) is 0.865. The molecular formula is C19H28N6O2. The highest BCUT2D eigenvalue weighted by molar-refractivity contribution is 5.97. The minimum Gasteiger partial charge on any atom is -0.350 e. The monoisotopic (exact) mass is 372 g/mol. The van der Waals surface area contributed by atoms with E-state index in [1.165, 1.54) is 0 Å². The predicted octanol–water partition coefficient (Wildman–Crippen LogP) is 0.883. The molecule has 0 atom stereocenters. The lowest BCUT2D eigenvalue weighted by atomic mass is 10.1. The van der Waals surface area contributed by atoms with E-state index in [0.29, 0.717) is 38.3 Å². The van der Waals surface area contributed by atoms with Crippen molar-refractivity contribution >= 4 is 11.8 Å². The van der Waals surface area contributed by atoms with E-state index in [1.54, 1.807) is 10.9 Å². The van der Waals surface area contributed by atoms with Crippen LogP contribution in [0.15, 0.2) is 30.7 Å². The molecule has 2 amide bonds. The summed E-state index contributed by atoms with van der Waals surface area (Å²) in [5.74, 6) is 0.756. The molecule has 0 aliphatic carbocycles. The molecule has 1 N–H and O–H groups in total. The van der Waals surface area contributed by atoms with Gasteiger partial charge in [0.1, 0.15) is 11.4 Å². The summed E-state index contributed by atoms with van der Waals surface area (Å²) in [6.45, 7) is 8.84. The fraction of sp³-hybridized carbons (Fsp3) is 0.526. The molecule has 1 aliphatic rings. The third-order valence-electron chi connectivity index (χ3n) is 4.53. The highest BCUT2D eigenvalue weighted by Gasteiger charge is 2.27. The average molecular weight is 372 g/mol. The Balaban J connectivity index is 1.61. The molecule has 2 aromatic heterocycles. The van der Waals surface area contributed by atoms with E-state index in [9.17, 15) is 9.59 Å². The highest BCUT2D eigenvalue weighted by Crippen LogP contribution is 2.17. The highest BCUT2D eigenvalue weighted by atomic mass is 16.2. The summed E-state index contributed by atoms with van der Waals surface area (Å²) in [6, 6.07) is 3.84. The minimum absolute atomic E-state index is 0.0180. The summed E-state index contributed by atoms with van der Waals surface area (Å²) in [4.78, 5) is 29.0. The molecule has 8 heteroatoms. The van der Waals surface area contributed by atoms with Crippen molar-refractivity contribution < 1.29 is 9.59 Å². The first-order valence-corrected chi connectivity index (χ1v) is 9.22. The van der Waals surface area contributed by atoms with Crippen LogP contribution >= 0.6 is 0 Å². The van der Waals surface area contributed by atoms with Crippen molar-refractivity contribution in [3.63, 3.8) is 0 Å². The van der Waals surface area contributed by atoms with Gasteiger partial charge in [0.2, 0.25) is 5.91 Å². The Morgan fingerprint density at radius 2 is 1.74 bits per heavy atom. The van der Waals surface area contributed by atoms with Gasteiger partial charge in [-0.05, 0) is 32.9 Å². The molecule has 3 rings (SSSR count). The van der Waals surface area contributed by atoms with E-state index in [-0.39, 0.29) is 17.4 Å². The second kappa shape index (κ2) is 7.56. The van der Waals surface area contributed by atoms with Crippen LogP contribution in [0.2, 0.25) is 0 Å². The van der Waals surface area contributed by atoms with Crippen LogP contribution in [0.3, 0.4) is 0 Å². The van der Waals surface area contributed by atoms with E-state index >= 15 is 0 Å². The summed E-state index contributed by atoms with van der Waals surface area (Å²) >= 11 is 0. The van der Waals surface area contributed by atoms with Crippen molar-refractivity contribution in [2.75, 3.05) is 32.7 Å². The SMILES string of the molecule is Cn1ncc(C(=O)N2CCN(CC(=O)NC(C)(C)C)CC2)c1-n1cccc1. The number of carbonyl (C=O) groups excluding carboxylic acids is 2. The molecule has 0 saturated carbocycles. The molecule has 2 aromatic rings. The number of aromatic nitrogens is 3. The zero-order valence-corrected chi connectivity index (χ0v) is 16.5. The zero-order valence-electron chi connectivity index (χ0n) is 16.5. The van der Waals surface area contributed by atoms with Crippen LogP contribution in [0.5, 0.6) is 0 Å². The topological polar surface area (TPSA) is 75.4 Å². The third kappa shape index (κ3) is 4.57. The van der Waals surface area contributed by atoms with Gasteiger partial charge in [0.05, 0.1) is 12.7 Å². The van der Waals surface area contributed by atoms with E-state index in [1.807, 2.05) is 61.8 Å². The first-order valence-electron chi connectivity index (χ1n) is 9.22. The Morgan fingerprint density at radius 3 is 2.33 bits per heavy atom. The van der Waals surface area contributed by atoms with Crippen LogP contribution in [0.4, 0.5) is 0 Å². The lowest BCUT2D eigenvalue weighted by Crippen LogP contribution is -2.52. The number of nitrogens with zero attached hydrogens (tertiary/aromatic N) is 5. The number of aryl methyl sites for hydroxylation is 1. The Labute approximate surface area is 159 Å². The second-order valence-electron chi connectivity index (χ2n) is 7.96. The van der Waals surface area contributed by atoms with Crippen molar-refractivity contribution in [1.82, 2.24) is 29.5 Å². The number of rotatable bonds is 4. The second-order valence-corrected chi connectivity index (χ2v) is 7.96. The molecular weight excluding hydrogens is 344 g/mol. The lowest BCUT2D eigenvalue weighted by Gasteiger charge is -2.34. The first kappa shape index (κ1) is 19.2. The fourth-order valence-corrected chi connectivity index (χ4v) is 3.30. The number of nitrogens with one attached hydrogen (secondary N) is 1. The summed E-state index contributed by atoms with van der Waals surface area (Å²) in [6.07, 6.45) is 5.43. The van der Waals surface area contributed by atoms with Gasteiger partial charge in [-0.25, -0.2) is 0 Å². The molecule has 1 saturated heterocycles. The van der Waals surface area contributed by atoms with Gasteiger partial charge in [0.25, 0.3) is 5.91 Å². The molecule has 0 spiro atoms. The lowest BCUT2D eigenvalue weighted by molar-refractivity contribution is -0.124. The molecule has 27 heavy (non-hydrogen) atoms. The van der Waals surface area contributed by atoms with E-state index in [4.69, 9.17) is 0 Å². The van der Waals surface area contributed by atoms with Gasteiger partial charge in [-0.2, -0.15) is 5.10 Å².